The van der Waals surface area contributed by atoms with E-state index >= 15 is 0 Å². The molecule has 3 aromatic rings. The molecule has 1 amide bonds. The molecule has 6 heteroatoms. The first-order chi connectivity index (χ1) is 18.0. The average molecular weight is 492 g/mol. The highest BCUT2D eigenvalue weighted by atomic mass is 16.4. The number of aromatic nitrogens is 1. The van der Waals surface area contributed by atoms with Crippen LogP contribution in [-0.2, 0) is 21.5 Å². The highest BCUT2D eigenvalue weighted by Gasteiger charge is 2.37. The number of nitrogens with zero attached hydrogens (tertiary/aromatic N) is 2. The summed E-state index contributed by atoms with van der Waals surface area (Å²) in [7, 11) is 0. The molecule has 0 aliphatic heterocycles. The Morgan fingerprint density at radius 3 is 2.24 bits per heavy atom. The molecule has 2 N–H and O–H groups in total. The fourth-order valence-corrected chi connectivity index (χ4v) is 5.17. The van der Waals surface area contributed by atoms with Crippen LogP contribution in [0.5, 0.6) is 0 Å². The van der Waals surface area contributed by atoms with Crippen molar-refractivity contribution in [2.24, 2.45) is 0 Å². The Labute approximate surface area is 216 Å². The van der Waals surface area contributed by atoms with Gasteiger partial charge in [-0.1, -0.05) is 67.4 Å². The topological polar surface area (TPSA) is 103 Å². The standard InChI is InChI=1S/C31H29N3O3/c32-20-25(19-27-4-3-5-28(33-27)24-10-11-24)30(37)34-31(16-1-2-17-31)26-14-12-23(13-15-26)22-8-6-21(7-9-22)18-29(35)36/h3-9,12-15,19,24H,1-2,10-11,16-18H2,(H,34,37)(H,35,36)/b25-19+. The van der Waals surface area contributed by atoms with E-state index in [4.69, 9.17) is 5.11 Å². The maximum atomic E-state index is 13.3. The molecule has 0 unspecified atom stereocenters. The number of carboxylic acids is 1. The van der Waals surface area contributed by atoms with Crippen LogP contribution >= 0.6 is 0 Å². The lowest BCUT2D eigenvalue weighted by atomic mass is 9.86. The van der Waals surface area contributed by atoms with Gasteiger partial charge in [0.25, 0.3) is 5.91 Å². The molecule has 2 aliphatic carbocycles. The molecular formula is C31H29N3O3. The maximum Gasteiger partial charge on any atom is 0.307 e. The lowest BCUT2D eigenvalue weighted by Gasteiger charge is -2.31. The van der Waals surface area contributed by atoms with E-state index in [0.717, 1.165) is 66.5 Å². The normalized spacial score (nSPS) is 16.7. The Morgan fingerprint density at radius 2 is 1.65 bits per heavy atom. The highest BCUT2D eigenvalue weighted by Crippen LogP contribution is 2.40. The van der Waals surface area contributed by atoms with Crippen LogP contribution in [0.1, 0.15) is 67.0 Å². The van der Waals surface area contributed by atoms with E-state index in [1.807, 2.05) is 66.7 Å². The number of carbonyl (C=O) groups is 2. The molecular weight excluding hydrogens is 462 g/mol. The minimum atomic E-state index is -0.849. The summed E-state index contributed by atoms with van der Waals surface area (Å²) in [5.74, 6) is -0.723. The van der Waals surface area contributed by atoms with Crippen molar-refractivity contribution in [3.8, 4) is 17.2 Å². The molecule has 0 bridgehead atoms. The molecule has 0 atom stereocenters. The number of amides is 1. The van der Waals surface area contributed by atoms with Crippen LogP contribution in [0.2, 0.25) is 0 Å². The van der Waals surface area contributed by atoms with Gasteiger partial charge < -0.3 is 10.4 Å². The van der Waals surface area contributed by atoms with Crippen molar-refractivity contribution in [1.82, 2.24) is 10.3 Å². The van der Waals surface area contributed by atoms with E-state index in [-0.39, 0.29) is 17.9 Å². The fourth-order valence-electron chi connectivity index (χ4n) is 5.17. The minimum absolute atomic E-state index is 0.00256. The van der Waals surface area contributed by atoms with Crippen molar-refractivity contribution in [2.75, 3.05) is 0 Å². The summed E-state index contributed by atoms with van der Waals surface area (Å²) in [6.45, 7) is 0. The lowest BCUT2D eigenvalue weighted by molar-refractivity contribution is -0.136. The molecule has 2 saturated carbocycles. The van der Waals surface area contributed by atoms with Gasteiger partial charge in [-0.15, -0.1) is 0 Å². The summed E-state index contributed by atoms with van der Waals surface area (Å²) in [4.78, 5) is 28.8. The molecule has 0 radical (unpaired) electrons. The van der Waals surface area contributed by atoms with E-state index in [1.165, 1.54) is 0 Å². The third-order valence-corrected chi connectivity index (χ3v) is 7.34. The average Bonchev–Trinajstić information content (AvgIpc) is 3.66. The van der Waals surface area contributed by atoms with Gasteiger partial charge in [0, 0.05) is 11.6 Å². The molecule has 186 valence electrons. The predicted molar refractivity (Wildman–Crippen MR) is 141 cm³/mol. The Morgan fingerprint density at radius 1 is 1.00 bits per heavy atom. The van der Waals surface area contributed by atoms with Crippen LogP contribution in [0.25, 0.3) is 17.2 Å². The number of nitrogens with one attached hydrogen (secondary N) is 1. The first-order valence-electron chi connectivity index (χ1n) is 12.8. The zero-order chi connectivity index (χ0) is 25.8. The van der Waals surface area contributed by atoms with Gasteiger partial charge in [-0.05, 0) is 66.1 Å². The van der Waals surface area contributed by atoms with Crippen molar-refractivity contribution in [3.63, 3.8) is 0 Å². The van der Waals surface area contributed by atoms with Crippen LogP contribution in [0.4, 0.5) is 0 Å². The van der Waals surface area contributed by atoms with E-state index in [9.17, 15) is 14.9 Å². The van der Waals surface area contributed by atoms with Gasteiger partial charge in [0.05, 0.1) is 17.7 Å². The Hall–Kier alpha value is -4.24. The van der Waals surface area contributed by atoms with Gasteiger partial charge in [0.15, 0.2) is 0 Å². The fraction of sp³-hybridized carbons (Fsp3) is 0.290. The van der Waals surface area contributed by atoms with Crippen LogP contribution in [0.15, 0.2) is 72.3 Å². The van der Waals surface area contributed by atoms with Gasteiger partial charge in [-0.3, -0.25) is 14.6 Å². The first-order valence-corrected chi connectivity index (χ1v) is 12.8. The Kier molecular flexibility index (Phi) is 6.87. The first kappa shape index (κ1) is 24.5. The summed E-state index contributed by atoms with van der Waals surface area (Å²) in [5.41, 5.74) is 5.01. The van der Waals surface area contributed by atoms with Crippen LogP contribution in [0.3, 0.4) is 0 Å². The maximum absolute atomic E-state index is 13.3. The second kappa shape index (κ2) is 10.4. The molecule has 0 spiro atoms. The van der Waals surface area contributed by atoms with Gasteiger partial charge in [0.1, 0.15) is 11.6 Å². The monoisotopic (exact) mass is 491 g/mol. The zero-order valence-electron chi connectivity index (χ0n) is 20.6. The molecule has 37 heavy (non-hydrogen) atoms. The van der Waals surface area contributed by atoms with Crippen molar-refractivity contribution in [1.29, 1.82) is 5.26 Å². The zero-order valence-corrected chi connectivity index (χ0v) is 20.6. The van der Waals surface area contributed by atoms with Crippen molar-refractivity contribution >= 4 is 18.0 Å². The number of benzene rings is 2. The number of pyridine rings is 1. The highest BCUT2D eigenvalue weighted by molar-refractivity contribution is 6.02. The SMILES string of the molecule is N#C/C(=C\c1cccc(C2CC2)n1)C(=O)NC1(c2ccc(-c3ccc(CC(=O)O)cc3)cc2)CCCC1. The summed E-state index contributed by atoms with van der Waals surface area (Å²) in [6, 6.07) is 23.5. The third-order valence-electron chi connectivity index (χ3n) is 7.34. The smallest absolute Gasteiger partial charge is 0.307 e. The molecule has 2 aromatic carbocycles. The van der Waals surface area contributed by atoms with E-state index in [1.54, 1.807) is 6.08 Å². The molecule has 2 aliphatic rings. The number of aliphatic carboxylic acids is 1. The quantitative estimate of drug-likeness (QED) is 0.309. The van der Waals surface area contributed by atoms with Crippen molar-refractivity contribution in [3.05, 3.63) is 94.8 Å². The van der Waals surface area contributed by atoms with Crippen molar-refractivity contribution in [2.45, 2.75) is 56.4 Å². The molecule has 6 nitrogen and oxygen atoms in total. The number of hydrogen-bond acceptors (Lipinski definition) is 4. The minimum Gasteiger partial charge on any atom is -0.481 e. The lowest BCUT2D eigenvalue weighted by Crippen LogP contribution is -2.44. The second-order valence-corrected chi connectivity index (χ2v) is 10.0. The molecule has 5 rings (SSSR count). The van der Waals surface area contributed by atoms with Crippen molar-refractivity contribution < 1.29 is 14.7 Å². The third kappa shape index (κ3) is 5.62. The molecule has 2 fully saturated rings. The van der Waals surface area contributed by atoms with Gasteiger partial charge >= 0.3 is 5.97 Å². The Bertz CT molecular complexity index is 1370. The largest absolute Gasteiger partial charge is 0.481 e. The number of hydrogen-bond donors (Lipinski definition) is 2. The summed E-state index contributed by atoms with van der Waals surface area (Å²) >= 11 is 0. The number of rotatable bonds is 8. The summed E-state index contributed by atoms with van der Waals surface area (Å²) in [5, 5.41) is 21.9. The van der Waals surface area contributed by atoms with E-state index < -0.39 is 11.5 Å². The molecule has 1 heterocycles. The number of carboxylic acid groups (broad SMARTS) is 1. The Balaban J connectivity index is 1.35. The van der Waals surface area contributed by atoms with E-state index in [0.29, 0.717) is 11.6 Å². The molecule has 1 aromatic heterocycles. The second-order valence-electron chi connectivity index (χ2n) is 10.0. The van der Waals surface area contributed by atoms with Gasteiger partial charge in [-0.2, -0.15) is 5.26 Å². The number of nitriles is 1. The summed E-state index contributed by atoms with van der Waals surface area (Å²) < 4.78 is 0. The van der Waals surface area contributed by atoms with Gasteiger partial charge in [0.2, 0.25) is 0 Å². The van der Waals surface area contributed by atoms with E-state index in [2.05, 4.69) is 16.4 Å². The van der Waals surface area contributed by atoms with Crippen LogP contribution in [0, 0.1) is 11.3 Å². The summed E-state index contributed by atoms with van der Waals surface area (Å²) in [6.07, 6.45) is 7.51. The number of carbonyl (C=O) groups excluding carboxylic acids is 1. The molecule has 0 saturated heterocycles. The van der Waals surface area contributed by atoms with Crippen LogP contribution < -0.4 is 5.32 Å². The predicted octanol–water partition coefficient (Wildman–Crippen LogP) is 5.75. The van der Waals surface area contributed by atoms with Crippen LogP contribution in [-0.4, -0.2) is 22.0 Å². The van der Waals surface area contributed by atoms with Gasteiger partial charge in [-0.25, -0.2) is 0 Å².